The highest BCUT2D eigenvalue weighted by Crippen LogP contribution is 2.28. The number of hydrogen-bond acceptors (Lipinski definition) is 3. The van der Waals surface area contributed by atoms with Crippen molar-refractivity contribution in [2.24, 2.45) is 0 Å². The van der Waals surface area contributed by atoms with Gasteiger partial charge in [-0.3, -0.25) is 4.72 Å². The third kappa shape index (κ3) is 5.49. The highest BCUT2D eigenvalue weighted by Gasteiger charge is 2.16. The average Bonchev–Trinajstić information content (AvgIpc) is 2.59. The summed E-state index contributed by atoms with van der Waals surface area (Å²) in [6.07, 6.45) is 5.80. The summed E-state index contributed by atoms with van der Waals surface area (Å²) < 4.78 is 33.1. The van der Waals surface area contributed by atoms with Crippen LogP contribution in [0.15, 0.2) is 47.4 Å². The van der Waals surface area contributed by atoms with Gasteiger partial charge in [-0.25, -0.2) is 8.42 Å². The first-order valence-electron chi connectivity index (χ1n) is 8.72. The Labute approximate surface area is 151 Å². The van der Waals surface area contributed by atoms with Crippen LogP contribution in [0.3, 0.4) is 0 Å². The number of aryl methyl sites for hydroxylation is 2. The molecule has 0 aliphatic heterocycles. The number of ether oxygens (including phenoxy) is 1. The number of hydrogen-bond donors (Lipinski definition) is 1. The molecule has 2 aromatic rings. The van der Waals surface area contributed by atoms with Crippen LogP contribution in [0.25, 0.3) is 0 Å². The molecule has 0 aromatic heterocycles. The van der Waals surface area contributed by atoms with Crippen LogP contribution in [0, 0.1) is 6.92 Å². The number of sulfonamides is 1. The van der Waals surface area contributed by atoms with Crippen LogP contribution < -0.4 is 9.46 Å². The van der Waals surface area contributed by atoms with Crippen LogP contribution in [0.4, 0.5) is 5.69 Å². The standard InChI is InChI=1S/C20H27NO3S/c1-4-5-6-7-8-17-10-12-18(13-11-17)25(22,23)21-19-15-16(2)9-14-20(19)24-3/h9-15,21H,4-8H2,1-3H3. The Kier molecular flexibility index (Phi) is 6.88. The Balaban J connectivity index is 2.10. The van der Waals surface area contributed by atoms with E-state index in [4.69, 9.17) is 4.74 Å². The van der Waals surface area contributed by atoms with Crippen molar-refractivity contribution in [2.45, 2.75) is 50.8 Å². The maximum absolute atomic E-state index is 12.6. The van der Waals surface area contributed by atoms with Crippen molar-refractivity contribution < 1.29 is 13.2 Å². The van der Waals surface area contributed by atoms with Gasteiger partial charge in [-0.1, -0.05) is 44.4 Å². The van der Waals surface area contributed by atoms with E-state index < -0.39 is 10.0 Å². The second-order valence-corrected chi connectivity index (χ2v) is 7.95. The van der Waals surface area contributed by atoms with Crippen LogP contribution in [-0.4, -0.2) is 15.5 Å². The number of benzene rings is 2. The lowest BCUT2D eigenvalue weighted by Gasteiger charge is -2.13. The molecule has 0 amide bonds. The minimum atomic E-state index is -3.64. The topological polar surface area (TPSA) is 55.4 Å². The summed E-state index contributed by atoms with van der Waals surface area (Å²) in [6, 6.07) is 12.5. The fraction of sp³-hybridized carbons (Fsp3) is 0.400. The molecular formula is C20H27NO3S. The van der Waals surface area contributed by atoms with Gasteiger partial charge >= 0.3 is 0 Å². The van der Waals surface area contributed by atoms with Crippen molar-refractivity contribution >= 4 is 15.7 Å². The minimum Gasteiger partial charge on any atom is -0.495 e. The third-order valence-corrected chi connectivity index (χ3v) is 5.53. The molecule has 1 N–H and O–H groups in total. The molecule has 2 rings (SSSR count). The minimum absolute atomic E-state index is 0.258. The van der Waals surface area contributed by atoms with Gasteiger partial charge in [0.2, 0.25) is 0 Å². The predicted molar refractivity (Wildman–Crippen MR) is 103 cm³/mol. The van der Waals surface area contributed by atoms with Crippen molar-refractivity contribution in [1.29, 1.82) is 0 Å². The lowest BCUT2D eigenvalue weighted by molar-refractivity contribution is 0.417. The third-order valence-electron chi connectivity index (χ3n) is 4.15. The van der Waals surface area contributed by atoms with E-state index in [-0.39, 0.29) is 4.90 Å². The first-order chi connectivity index (χ1) is 12.0. The van der Waals surface area contributed by atoms with Crippen LogP contribution >= 0.6 is 0 Å². The summed E-state index contributed by atoms with van der Waals surface area (Å²) in [5.74, 6) is 0.502. The molecule has 0 aliphatic carbocycles. The molecule has 0 fully saturated rings. The SMILES string of the molecule is CCCCCCc1ccc(S(=O)(=O)Nc2cc(C)ccc2OC)cc1. The van der Waals surface area contributed by atoms with Gasteiger partial charge in [-0.2, -0.15) is 0 Å². The van der Waals surface area contributed by atoms with Crippen molar-refractivity contribution in [1.82, 2.24) is 0 Å². The molecule has 0 heterocycles. The van der Waals surface area contributed by atoms with Crippen molar-refractivity contribution in [3.63, 3.8) is 0 Å². The van der Waals surface area contributed by atoms with Crippen LogP contribution in [0.1, 0.15) is 43.7 Å². The maximum atomic E-state index is 12.6. The Morgan fingerprint density at radius 2 is 1.72 bits per heavy atom. The van der Waals surface area contributed by atoms with Crippen molar-refractivity contribution in [3.8, 4) is 5.75 Å². The Hall–Kier alpha value is -2.01. The zero-order valence-electron chi connectivity index (χ0n) is 15.2. The predicted octanol–water partition coefficient (Wildman–Crippen LogP) is 4.93. The van der Waals surface area contributed by atoms with Gasteiger partial charge in [-0.15, -0.1) is 0 Å². The molecule has 4 nitrogen and oxygen atoms in total. The Morgan fingerprint density at radius 1 is 1.00 bits per heavy atom. The van der Waals surface area contributed by atoms with Gasteiger partial charge in [-0.05, 0) is 55.2 Å². The summed E-state index contributed by atoms with van der Waals surface area (Å²) in [4.78, 5) is 0.258. The lowest BCUT2D eigenvalue weighted by atomic mass is 10.1. The van der Waals surface area contributed by atoms with E-state index in [0.717, 1.165) is 18.4 Å². The van der Waals surface area contributed by atoms with Gasteiger partial charge in [0, 0.05) is 0 Å². The molecule has 0 saturated heterocycles. The largest absolute Gasteiger partial charge is 0.495 e. The molecule has 0 radical (unpaired) electrons. The van der Waals surface area contributed by atoms with E-state index in [1.54, 1.807) is 24.3 Å². The van der Waals surface area contributed by atoms with Gasteiger partial charge in [0.05, 0.1) is 17.7 Å². The smallest absolute Gasteiger partial charge is 0.262 e. The number of rotatable bonds is 9. The number of anilines is 1. The molecular weight excluding hydrogens is 334 g/mol. The zero-order valence-corrected chi connectivity index (χ0v) is 16.0. The summed E-state index contributed by atoms with van der Waals surface area (Å²) in [5.41, 5.74) is 2.58. The van der Waals surface area contributed by atoms with E-state index in [1.807, 2.05) is 25.1 Å². The Morgan fingerprint density at radius 3 is 2.36 bits per heavy atom. The molecule has 2 aromatic carbocycles. The van der Waals surface area contributed by atoms with Gasteiger partial charge in [0.15, 0.2) is 0 Å². The van der Waals surface area contributed by atoms with Crippen molar-refractivity contribution in [2.75, 3.05) is 11.8 Å². The number of methoxy groups -OCH3 is 1. The molecule has 25 heavy (non-hydrogen) atoms. The van der Waals surface area contributed by atoms with Crippen molar-refractivity contribution in [3.05, 3.63) is 53.6 Å². The highest BCUT2D eigenvalue weighted by molar-refractivity contribution is 7.92. The van der Waals surface area contributed by atoms with E-state index in [2.05, 4.69) is 11.6 Å². The second kappa shape index (κ2) is 8.90. The normalized spacial score (nSPS) is 11.3. The molecule has 0 bridgehead atoms. The molecule has 5 heteroatoms. The molecule has 0 unspecified atom stereocenters. The van der Waals surface area contributed by atoms with Crippen LogP contribution in [0.2, 0.25) is 0 Å². The summed E-state index contributed by atoms with van der Waals surface area (Å²) >= 11 is 0. The number of nitrogens with one attached hydrogen (secondary N) is 1. The molecule has 0 saturated carbocycles. The fourth-order valence-electron chi connectivity index (χ4n) is 2.70. The lowest BCUT2D eigenvalue weighted by Crippen LogP contribution is -2.13. The van der Waals surface area contributed by atoms with E-state index >= 15 is 0 Å². The molecule has 0 spiro atoms. The van der Waals surface area contributed by atoms with Gasteiger partial charge in [0.25, 0.3) is 10.0 Å². The second-order valence-electron chi connectivity index (χ2n) is 6.26. The van der Waals surface area contributed by atoms with E-state index in [9.17, 15) is 8.42 Å². The summed E-state index contributed by atoms with van der Waals surface area (Å²) in [5, 5.41) is 0. The van der Waals surface area contributed by atoms with E-state index in [0.29, 0.717) is 11.4 Å². The molecule has 0 atom stereocenters. The fourth-order valence-corrected chi connectivity index (χ4v) is 3.76. The van der Waals surface area contributed by atoms with Crippen LogP contribution in [-0.2, 0) is 16.4 Å². The zero-order chi connectivity index (χ0) is 18.3. The average molecular weight is 362 g/mol. The molecule has 0 aliphatic rings. The Bertz CT molecular complexity index is 783. The number of unbranched alkanes of at least 4 members (excludes halogenated alkanes) is 3. The molecule has 136 valence electrons. The van der Waals surface area contributed by atoms with E-state index in [1.165, 1.54) is 31.9 Å². The van der Waals surface area contributed by atoms with Crippen LogP contribution in [0.5, 0.6) is 5.75 Å². The quantitative estimate of drug-likeness (QED) is 0.645. The summed E-state index contributed by atoms with van der Waals surface area (Å²) in [7, 11) is -2.11. The monoisotopic (exact) mass is 361 g/mol. The van der Waals surface area contributed by atoms with Gasteiger partial charge in [0.1, 0.15) is 5.75 Å². The van der Waals surface area contributed by atoms with Gasteiger partial charge < -0.3 is 4.74 Å². The first kappa shape index (κ1) is 19.3. The first-order valence-corrected chi connectivity index (χ1v) is 10.2. The highest BCUT2D eigenvalue weighted by atomic mass is 32.2. The summed E-state index contributed by atoms with van der Waals surface area (Å²) in [6.45, 7) is 4.10. The maximum Gasteiger partial charge on any atom is 0.262 e.